The van der Waals surface area contributed by atoms with Gasteiger partial charge in [-0.3, -0.25) is 18.9 Å². The number of carbonyl (C=O) groups is 1. The number of halogens is 2. The summed E-state index contributed by atoms with van der Waals surface area (Å²) in [5, 5.41) is 6.86. The first kappa shape index (κ1) is 19.5. The Morgan fingerprint density at radius 1 is 1.21 bits per heavy atom. The van der Waals surface area contributed by atoms with Crippen LogP contribution >= 0.6 is 0 Å². The molecule has 8 heteroatoms. The second-order valence-electron chi connectivity index (χ2n) is 6.14. The Balaban J connectivity index is 1.57. The predicted molar refractivity (Wildman–Crippen MR) is 100 cm³/mol. The third kappa shape index (κ3) is 5.60. The Morgan fingerprint density at radius 2 is 2.11 bits per heavy atom. The summed E-state index contributed by atoms with van der Waals surface area (Å²) in [4.78, 5) is 16.5. The average Bonchev–Trinajstić information content (AvgIpc) is 3.14. The fraction of sp³-hybridized carbons (Fsp3) is 0.250. The molecule has 0 aliphatic rings. The molecular formula is C20H20F2N4O2. The minimum absolute atomic E-state index is 0.179. The number of amides is 1. The summed E-state index contributed by atoms with van der Waals surface area (Å²) in [6, 6.07) is 9.18. The number of hydrogen-bond donors (Lipinski definition) is 1. The highest BCUT2D eigenvalue weighted by molar-refractivity contribution is 6.02. The molecule has 1 N–H and O–H groups in total. The number of aromatic nitrogens is 3. The van der Waals surface area contributed by atoms with Crippen molar-refractivity contribution in [1.82, 2.24) is 14.8 Å². The number of benzene rings is 1. The number of carbonyl (C=O) groups excluding carboxylic acids is 1. The molecule has 2 aromatic heterocycles. The zero-order chi connectivity index (χ0) is 19.8. The van der Waals surface area contributed by atoms with E-state index in [-0.39, 0.29) is 30.7 Å². The van der Waals surface area contributed by atoms with E-state index >= 15 is 0 Å². The smallest absolute Gasteiger partial charge is 0.274 e. The van der Waals surface area contributed by atoms with Crippen molar-refractivity contribution in [2.24, 2.45) is 0 Å². The summed E-state index contributed by atoms with van der Waals surface area (Å²) in [6.07, 6.45) is 5.90. The topological polar surface area (TPSA) is 69.0 Å². The highest BCUT2D eigenvalue weighted by Gasteiger charge is 2.10. The molecule has 0 aliphatic carbocycles. The lowest BCUT2D eigenvalue weighted by atomic mass is 10.2. The number of nitrogens with zero attached hydrogens (tertiary/aromatic N) is 3. The lowest BCUT2D eigenvalue weighted by Crippen LogP contribution is -2.14. The van der Waals surface area contributed by atoms with E-state index in [1.165, 1.54) is 24.5 Å². The maximum Gasteiger partial charge on any atom is 0.274 e. The fourth-order valence-corrected chi connectivity index (χ4v) is 2.53. The van der Waals surface area contributed by atoms with Crippen molar-refractivity contribution >= 4 is 11.6 Å². The van der Waals surface area contributed by atoms with Gasteiger partial charge in [-0.15, -0.1) is 0 Å². The highest BCUT2D eigenvalue weighted by atomic mass is 19.1. The van der Waals surface area contributed by atoms with Gasteiger partial charge in [0.25, 0.3) is 5.91 Å². The van der Waals surface area contributed by atoms with Crippen LogP contribution in [0, 0.1) is 5.82 Å². The van der Waals surface area contributed by atoms with E-state index in [9.17, 15) is 13.6 Å². The normalized spacial score (nSPS) is 10.6. The van der Waals surface area contributed by atoms with Crippen molar-refractivity contribution in [3.05, 3.63) is 72.1 Å². The van der Waals surface area contributed by atoms with Crippen LogP contribution in [-0.2, 0) is 13.2 Å². The van der Waals surface area contributed by atoms with E-state index in [1.54, 1.807) is 35.1 Å². The quantitative estimate of drug-likeness (QED) is 0.565. The number of nitrogens with one attached hydrogen (secondary N) is 1. The maximum absolute atomic E-state index is 13.2. The van der Waals surface area contributed by atoms with Crippen LogP contribution in [0.5, 0.6) is 5.75 Å². The molecule has 0 saturated heterocycles. The standard InChI is InChI=1S/C20H20F2N4O2/c21-7-1-2-9-26-13-17(12-24-26)25-20(27)19-10-15(6-8-23-19)14-28-18-5-3-4-16(22)11-18/h3-6,8,10-13H,1-2,7,9,14H2,(H,25,27). The molecule has 1 aromatic carbocycles. The Labute approximate surface area is 161 Å². The van der Waals surface area contributed by atoms with Crippen LogP contribution < -0.4 is 10.1 Å². The molecule has 3 rings (SSSR count). The molecule has 28 heavy (non-hydrogen) atoms. The van der Waals surface area contributed by atoms with Gasteiger partial charge in [0.1, 0.15) is 23.9 Å². The molecule has 3 aromatic rings. The monoisotopic (exact) mass is 386 g/mol. The maximum atomic E-state index is 13.2. The van der Waals surface area contributed by atoms with Gasteiger partial charge in [-0.1, -0.05) is 6.07 Å². The summed E-state index contributed by atoms with van der Waals surface area (Å²) in [7, 11) is 0. The van der Waals surface area contributed by atoms with E-state index in [0.717, 1.165) is 5.56 Å². The number of aryl methyl sites for hydroxylation is 1. The third-order valence-corrected chi connectivity index (χ3v) is 3.92. The molecule has 0 bridgehead atoms. The number of anilines is 1. The van der Waals surface area contributed by atoms with Gasteiger partial charge < -0.3 is 10.1 Å². The molecule has 0 saturated carbocycles. The van der Waals surface area contributed by atoms with E-state index in [4.69, 9.17) is 4.74 Å². The molecule has 1 amide bonds. The van der Waals surface area contributed by atoms with Gasteiger partial charge in [0.15, 0.2) is 0 Å². The van der Waals surface area contributed by atoms with Gasteiger partial charge >= 0.3 is 0 Å². The second kappa shape index (κ2) is 9.59. The Bertz CT molecular complexity index is 930. The summed E-state index contributed by atoms with van der Waals surface area (Å²) in [5.41, 5.74) is 1.49. The summed E-state index contributed by atoms with van der Waals surface area (Å²) < 4.78 is 32.5. The molecular weight excluding hydrogens is 366 g/mol. The van der Waals surface area contributed by atoms with E-state index in [2.05, 4.69) is 15.4 Å². The largest absolute Gasteiger partial charge is 0.489 e. The number of rotatable bonds is 9. The molecule has 6 nitrogen and oxygen atoms in total. The molecule has 0 fully saturated rings. The van der Waals surface area contributed by atoms with Crippen molar-refractivity contribution in [3.8, 4) is 5.75 Å². The Morgan fingerprint density at radius 3 is 2.93 bits per heavy atom. The van der Waals surface area contributed by atoms with Gasteiger partial charge in [-0.25, -0.2) is 4.39 Å². The van der Waals surface area contributed by atoms with Crippen LogP contribution in [0.2, 0.25) is 0 Å². The zero-order valence-electron chi connectivity index (χ0n) is 15.1. The first-order valence-electron chi connectivity index (χ1n) is 8.87. The van der Waals surface area contributed by atoms with E-state index in [0.29, 0.717) is 30.8 Å². The fourth-order valence-electron chi connectivity index (χ4n) is 2.53. The van der Waals surface area contributed by atoms with Crippen LogP contribution in [0.25, 0.3) is 0 Å². The van der Waals surface area contributed by atoms with Crippen LogP contribution in [0.3, 0.4) is 0 Å². The zero-order valence-corrected chi connectivity index (χ0v) is 15.1. The number of alkyl halides is 1. The number of hydrogen-bond acceptors (Lipinski definition) is 4. The van der Waals surface area contributed by atoms with Gasteiger partial charge in [0.05, 0.1) is 18.6 Å². The Kier molecular flexibility index (Phi) is 6.67. The van der Waals surface area contributed by atoms with Crippen molar-refractivity contribution < 1.29 is 18.3 Å². The second-order valence-corrected chi connectivity index (χ2v) is 6.14. The van der Waals surface area contributed by atoms with Gasteiger partial charge in [0.2, 0.25) is 0 Å². The van der Waals surface area contributed by atoms with Crippen LogP contribution in [-0.4, -0.2) is 27.3 Å². The van der Waals surface area contributed by atoms with Gasteiger partial charge in [0, 0.05) is 25.0 Å². The van der Waals surface area contributed by atoms with Crippen LogP contribution in [0.1, 0.15) is 28.9 Å². The lowest BCUT2D eigenvalue weighted by Gasteiger charge is -2.07. The Hall–Kier alpha value is -3.29. The van der Waals surface area contributed by atoms with Crippen molar-refractivity contribution in [3.63, 3.8) is 0 Å². The number of unbranched alkanes of at least 4 members (excludes halogenated alkanes) is 1. The summed E-state index contributed by atoms with van der Waals surface area (Å²) in [6.45, 7) is 0.416. The van der Waals surface area contributed by atoms with Crippen LogP contribution in [0.15, 0.2) is 55.0 Å². The average molecular weight is 386 g/mol. The first-order chi connectivity index (χ1) is 13.6. The molecule has 2 heterocycles. The summed E-state index contributed by atoms with van der Waals surface area (Å²) in [5.74, 6) is -0.351. The minimum atomic E-state index is -0.379. The van der Waals surface area contributed by atoms with Crippen molar-refractivity contribution in [2.75, 3.05) is 12.0 Å². The van der Waals surface area contributed by atoms with Gasteiger partial charge in [-0.05, 0) is 42.7 Å². The molecule has 146 valence electrons. The van der Waals surface area contributed by atoms with Crippen molar-refractivity contribution in [1.29, 1.82) is 0 Å². The molecule has 0 aliphatic heterocycles. The van der Waals surface area contributed by atoms with E-state index in [1.807, 2.05) is 0 Å². The molecule has 0 unspecified atom stereocenters. The lowest BCUT2D eigenvalue weighted by molar-refractivity contribution is 0.102. The summed E-state index contributed by atoms with van der Waals surface area (Å²) >= 11 is 0. The van der Waals surface area contributed by atoms with E-state index < -0.39 is 0 Å². The number of pyridine rings is 1. The minimum Gasteiger partial charge on any atom is -0.489 e. The third-order valence-electron chi connectivity index (χ3n) is 3.92. The van der Waals surface area contributed by atoms with Crippen molar-refractivity contribution in [2.45, 2.75) is 26.0 Å². The molecule has 0 spiro atoms. The predicted octanol–water partition coefficient (Wildman–Crippen LogP) is 4.00. The molecule has 0 atom stereocenters. The highest BCUT2D eigenvalue weighted by Crippen LogP contribution is 2.15. The van der Waals surface area contributed by atoms with Crippen LogP contribution in [0.4, 0.5) is 14.5 Å². The SMILES string of the molecule is O=C(Nc1cnn(CCCCF)c1)c1cc(COc2cccc(F)c2)ccn1. The first-order valence-corrected chi connectivity index (χ1v) is 8.87. The number of ether oxygens (including phenoxy) is 1. The molecule has 0 radical (unpaired) electrons. The van der Waals surface area contributed by atoms with Gasteiger partial charge in [-0.2, -0.15) is 5.10 Å².